The molecule has 2 nitrogen and oxygen atoms in total. The van der Waals surface area contributed by atoms with E-state index in [4.69, 9.17) is 0 Å². The van der Waals surface area contributed by atoms with Crippen molar-refractivity contribution in [2.24, 2.45) is 5.92 Å². The van der Waals surface area contributed by atoms with E-state index in [1.54, 1.807) is 0 Å². The van der Waals surface area contributed by atoms with Gasteiger partial charge >= 0.3 is 0 Å². The maximum atomic E-state index is 9.96. The molecule has 0 saturated heterocycles. The maximum Gasteiger partial charge on any atom is 0.120 e. The Kier molecular flexibility index (Phi) is 5.52. The van der Waals surface area contributed by atoms with Gasteiger partial charge in [0.25, 0.3) is 0 Å². The number of nitrogens with one attached hydrogen (secondary N) is 1. The van der Waals surface area contributed by atoms with E-state index in [0.29, 0.717) is 12.3 Å². The monoisotopic (exact) mass is 129 g/mol. The number of hydrogen-bond acceptors (Lipinski definition) is 2. The normalized spacial score (nSPS) is 13.1. The lowest BCUT2D eigenvalue weighted by Crippen LogP contribution is -2.11. The second-order valence-corrected chi connectivity index (χ2v) is 2.40. The standard InChI is InChI=1S/C7H15NO/c1-7(4-6-9)3-5-8-2/h6-8H,3-5H2,1-2H3. The van der Waals surface area contributed by atoms with Crippen LogP contribution in [0.15, 0.2) is 0 Å². The summed E-state index contributed by atoms with van der Waals surface area (Å²) in [5, 5.41) is 3.04. The summed E-state index contributed by atoms with van der Waals surface area (Å²) in [6.07, 6.45) is 2.78. The molecule has 0 aliphatic carbocycles. The van der Waals surface area contributed by atoms with Crippen molar-refractivity contribution < 1.29 is 4.79 Å². The molecule has 0 aromatic heterocycles. The van der Waals surface area contributed by atoms with Gasteiger partial charge in [-0.1, -0.05) is 6.92 Å². The minimum Gasteiger partial charge on any atom is -0.320 e. The minimum absolute atomic E-state index is 0.537. The zero-order valence-corrected chi connectivity index (χ0v) is 6.18. The van der Waals surface area contributed by atoms with Crippen molar-refractivity contribution in [2.45, 2.75) is 19.8 Å². The lowest BCUT2D eigenvalue weighted by atomic mass is 10.1. The average Bonchev–Trinajstić information content (AvgIpc) is 1.85. The Morgan fingerprint density at radius 1 is 1.67 bits per heavy atom. The van der Waals surface area contributed by atoms with Gasteiger partial charge in [-0.3, -0.25) is 0 Å². The molecular formula is C7H15NO. The van der Waals surface area contributed by atoms with Crippen molar-refractivity contribution in [3.63, 3.8) is 0 Å². The smallest absolute Gasteiger partial charge is 0.120 e. The molecule has 1 N–H and O–H groups in total. The highest BCUT2D eigenvalue weighted by atomic mass is 16.1. The summed E-state index contributed by atoms with van der Waals surface area (Å²) in [6, 6.07) is 0. The van der Waals surface area contributed by atoms with Gasteiger partial charge in [0.2, 0.25) is 0 Å². The summed E-state index contributed by atoms with van der Waals surface area (Å²) in [5.41, 5.74) is 0. The summed E-state index contributed by atoms with van der Waals surface area (Å²) in [4.78, 5) is 9.96. The highest BCUT2D eigenvalue weighted by molar-refractivity contribution is 5.49. The lowest BCUT2D eigenvalue weighted by molar-refractivity contribution is -0.108. The van der Waals surface area contributed by atoms with Gasteiger partial charge in [-0.25, -0.2) is 0 Å². The molecule has 0 radical (unpaired) electrons. The number of carbonyl (C=O) groups excluding carboxylic acids is 1. The van der Waals surface area contributed by atoms with E-state index in [0.717, 1.165) is 19.3 Å². The second kappa shape index (κ2) is 5.76. The van der Waals surface area contributed by atoms with Crippen LogP contribution < -0.4 is 5.32 Å². The molecule has 0 aromatic carbocycles. The Labute approximate surface area is 56.6 Å². The second-order valence-electron chi connectivity index (χ2n) is 2.40. The first-order valence-corrected chi connectivity index (χ1v) is 3.39. The summed E-state index contributed by atoms with van der Waals surface area (Å²) >= 11 is 0. The quantitative estimate of drug-likeness (QED) is 0.557. The first kappa shape index (κ1) is 8.63. The molecule has 0 aromatic rings. The van der Waals surface area contributed by atoms with Crippen molar-refractivity contribution in [3.8, 4) is 0 Å². The fraction of sp³-hybridized carbons (Fsp3) is 0.857. The molecule has 0 aliphatic heterocycles. The van der Waals surface area contributed by atoms with Crippen LogP contribution in [0.5, 0.6) is 0 Å². The molecule has 0 rings (SSSR count). The summed E-state index contributed by atoms with van der Waals surface area (Å²) < 4.78 is 0. The molecular weight excluding hydrogens is 114 g/mol. The number of hydrogen-bond donors (Lipinski definition) is 1. The highest BCUT2D eigenvalue weighted by Gasteiger charge is 1.97. The Morgan fingerprint density at radius 2 is 2.33 bits per heavy atom. The predicted octanol–water partition coefficient (Wildman–Crippen LogP) is 0.821. The minimum atomic E-state index is 0.537. The Morgan fingerprint density at radius 3 is 2.78 bits per heavy atom. The molecule has 0 heterocycles. The molecule has 0 spiro atoms. The molecule has 0 saturated carbocycles. The van der Waals surface area contributed by atoms with Crippen LogP contribution in [-0.4, -0.2) is 19.9 Å². The molecule has 1 unspecified atom stereocenters. The fourth-order valence-electron chi connectivity index (χ4n) is 0.673. The van der Waals surface area contributed by atoms with E-state index in [-0.39, 0.29) is 0 Å². The van der Waals surface area contributed by atoms with Gasteiger partial charge in [-0.2, -0.15) is 0 Å². The van der Waals surface area contributed by atoms with Crippen LogP contribution >= 0.6 is 0 Å². The fourth-order valence-corrected chi connectivity index (χ4v) is 0.673. The summed E-state index contributed by atoms with van der Waals surface area (Å²) in [6.45, 7) is 3.10. The molecule has 9 heavy (non-hydrogen) atoms. The van der Waals surface area contributed by atoms with E-state index >= 15 is 0 Å². The highest BCUT2D eigenvalue weighted by Crippen LogP contribution is 2.02. The van der Waals surface area contributed by atoms with Gasteiger partial charge in [0.05, 0.1) is 0 Å². The van der Waals surface area contributed by atoms with E-state index in [9.17, 15) is 4.79 Å². The predicted molar refractivity (Wildman–Crippen MR) is 38.4 cm³/mol. The van der Waals surface area contributed by atoms with Gasteiger partial charge in [-0.15, -0.1) is 0 Å². The van der Waals surface area contributed by atoms with Gasteiger partial charge in [0.15, 0.2) is 0 Å². The first-order chi connectivity index (χ1) is 4.31. The van der Waals surface area contributed by atoms with Crippen LogP contribution in [0.2, 0.25) is 0 Å². The lowest BCUT2D eigenvalue weighted by Gasteiger charge is -2.04. The molecule has 1 atom stereocenters. The van der Waals surface area contributed by atoms with Crippen LogP contribution in [0.3, 0.4) is 0 Å². The van der Waals surface area contributed by atoms with Crippen molar-refractivity contribution in [2.75, 3.05) is 13.6 Å². The van der Waals surface area contributed by atoms with Gasteiger partial charge < -0.3 is 10.1 Å². The zero-order chi connectivity index (χ0) is 7.11. The van der Waals surface area contributed by atoms with E-state index < -0.39 is 0 Å². The van der Waals surface area contributed by atoms with Gasteiger partial charge in [0.1, 0.15) is 6.29 Å². The Hall–Kier alpha value is -0.370. The molecule has 0 aliphatic rings. The van der Waals surface area contributed by atoms with Crippen molar-refractivity contribution in [3.05, 3.63) is 0 Å². The molecule has 2 heteroatoms. The van der Waals surface area contributed by atoms with E-state index in [1.807, 2.05) is 7.05 Å². The van der Waals surface area contributed by atoms with Crippen molar-refractivity contribution in [1.29, 1.82) is 0 Å². The van der Waals surface area contributed by atoms with Crippen LogP contribution in [0, 0.1) is 5.92 Å². The van der Waals surface area contributed by atoms with Gasteiger partial charge in [0, 0.05) is 6.42 Å². The Balaban J connectivity index is 3.04. The van der Waals surface area contributed by atoms with Crippen molar-refractivity contribution >= 4 is 6.29 Å². The third kappa shape index (κ3) is 5.50. The van der Waals surface area contributed by atoms with Crippen LogP contribution in [-0.2, 0) is 4.79 Å². The van der Waals surface area contributed by atoms with Gasteiger partial charge in [-0.05, 0) is 25.9 Å². The van der Waals surface area contributed by atoms with E-state index in [1.165, 1.54) is 0 Å². The summed E-state index contributed by atoms with van der Waals surface area (Å²) in [5.74, 6) is 0.537. The maximum absolute atomic E-state index is 9.96. The average molecular weight is 129 g/mol. The topological polar surface area (TPSA) is 29.1 Å². The largest absolute Gasteiger partial charge is 0.320 e. The molecule has 0 bridgehead atoms. The Bertz CT molecular complexity index is 73.3. The molecule has 0 amide bonds. The molecule has 0 fully saturated rings. The van der Waals surface area contributed by atoms with Crippen LogP contribution in [0.4, 0.5) is 0 Å². The number of carbonyl (C=O) groups is 1. The third-order valence-corrected chi connectivity index (χ3v) is 1.39. The SMILES string of the molecule is CNCCC(C)CC=O. The van der Waals surface area contributed by atoms with E-state index in [2.05, 4.69) is 12.2 Å². The first-order valence-electron chi connectivity index (χ1n) is 3.39. The summed E-state index contributed by atoms with van der Waals surface area (Å²) in [7, 11) is 1.92. The van der Waals surface area contributed by atoms with Crippen LogP contribution in [0.1, 0.15) is 19.8 Å². The number of rotatable bonds is 5. The van der Waals surface area contributed by atoms with Crippen molar-refractivity contribution in [1.82, 2.24) is 5.32 Å². The zero-order valence-electron chi connectivity index (χ0n) is 6.18. The third-order valence-electron chi connectivity index (χ3n) is 1.39. The molecule has 54 valence electrons. The number of aldehydes is 1. The van der Waals surface area contributed by atoms with Crippen LogP contribution in [0.25, 0.3) is 0 Å².